The molecule has 1 aliphatic rings. The van der Waals surface area contributed by atoms with Crippen LogP contribution in [-0.4, -0.2) is 14.9 Å². The molecular weight excluding hydrogens is 428 g/mol. The summed E-state index contributed by atoms with van der Waals surface area (Å²) >= 11 is 30.3. The molecule has 20 heavy (non-hydrogen) atoms. The first-order valence-electron chi connectivity index (χ1n) is 4.78. The van der Waals surface area contributed by atoms with Gasteiger partial charge in [-0.05, 0) is 74.4 Å². The van der Waals surface area contributed by atoms with Gasteiger partial charge in [-0.25, -0.2) is 0 Å². The molecule has 2 rings (SSSR count). The number of carbonyl (C=O) groups is 1. The summed E-state index contributed by atoms with van der Waals surface area (Å²) in [5.41, 5.74) is 0.509. The standard InChI is InChI=1S/C7H5Cl5N3O2P3/c8-14-18(9)13-20(11,12)15(19(14)10)17-7-3-1-6(5-16)2-4-7/h1-5H. The molecule has 13 heteroatoms. The minimum atomic E-state index is -3.00. The Hall–Kier alpha value is 1.15. The number of nitrogens with zero attached hydrogens (tertiary/aromatic N) is 3. The van der Waals surface area contributed by atoms with E-state index in [1.165, 1.54) is 0 Å². The molecule has 0 N–H and O–H groups in total. The van der Waals surface area contributed by atoms with Crippen molar-refractivity contribution in [2.75, 3.05) is 0 Å². The van der Waals surface area contributed by atoms with E-state index >= 15 is 0 Å². The van der Waals surface area contributed by atoms with Gasteiger partial charge in [0.05, 0.1) is 0 Å². The van der Waals surface area contributed by atoms with Gasteiger partial charge in [0.1, 0.15) is 12.0 Å². The van der Waals surface area contributed by atoms with Crippen LogP contribution in [0.1, 0.15) is 10.4 Å². The predicted octanol–water partition coefficient (Wildman–Crippen LogP) is 6.92. The van der Waals surface area contributed by atoms with Gasteiger partial charge in [0, 0.05) is 5.56 Å². The Balaban J connectivity index is 2.26. The Morgan fingerprint density at radius 1 is 1.25 bits per heavy atom. The first-order chi connectivity index (χ1) is 9.35. The van der Waals surface area contributed by atoms with E-state index in [1.807, 2.05) is 0 Å². The van der Waals surface area contributed by atoms with E-state index in [1.54, 1.807) is 24.3 Å². The highest BCUT2D eigenvalue weighted by Gasteiger charge is 2.44. The smallest absolute Gasteiger partial charge is 0.250 e. The average Bonchev–Trinajstić information content (AvgIpc) is 2.41. The number of aldehydes is 1. The Kier molecular flexibility index (Phi) is 6.26. The summed E-state index contributed by atoms with van der Waals surface area (Å²) in [6.07, 6.45) is 0.718. The molecule has 1 aromatic rings. The van der Waals surface area contributed by atoms with Gasteiger partial charge in [0.25, 0.3) is 5.91 Å². The van der Waals surface area contributed by atoms with Crippen molar-refractivity contribution in [1.29, 1.82) is 0 Å². The second kappa shape index (κ2) is 7.15. The van der Waals surface area contributed by atoms with Crippen LogP contribution in [-0.2, 0) is 0 Å². The SMILES string of the molecule is O=Cc1ccc(ON2P(Cl)N(Cl)P(Cl)N=P2(Cl)Cl)cc1. The van der Waals surface area contributed by atoms with Gasteiger partial charge in [0.15, 0.2) is 0 Å². The molecular formula is C7H5Cl5N3O2P3. The van der Waals surface area contributed by atoms with Crippen LogP contribution in [0, 0.1) is 0 Å². The van der Waals surface area contributed by atoms with Crippen LogP contribution >= 0.6 is 77.8 Å². The molecule has 0 fully saturated rings. The summed E-state index contributed by atoms with van der Waals surface area (Å²) in [6, 6.07) is 6.31. The van der Waals surface area contributed by atoms with Gasteiger partial charge in [-0.15, -0.1) is 3.96 Å². The number of hydrogen-bond donors (Lipinski definition) is 0. The topological polar surface area (TPSA) is 45.1 Å². The van der Waals surface area contributed by atoms with Gasteiger partial charge in [-0.2, -0.15) is 4.52 Å². The van der Waals surface area contributed by atoms with Crippen LogP contribution < -0.4 is 4.84 Å². The molecule has 0 saturated carbocycles. The molecule has 5 nitrogen and oxygen atoms in total. The van der Waals surface area contributed by atoms with E-state index in [0.29, 0.717) is 11.3 Å². The molecule has 0 aliphatic carbocycles. The van der Waals surface area contributed by atoms with Gasteiger partial charge in [-0.1, -0.05) is 11.2 Å². The third-order valence-electron chi connectivity index (χ3n) is 2.00. The quantitative estimate of drug-likeness (QED) is 0.295. The molecule has 1 aliphatic heterocycles. The lowest BCUT2D eigenvalue weighted by molar-refractivity contribution is 0.112. The summed E-state index contributed by atoms with van der Waals surface area (Å²) in [4.78, 5) is 16.1. The second-order valence-electron chi connectivity index (χ2n) is 3.30. The fourth-order valence-corrected chi connectivity index (χ4v) is 13.0. The van der Waals surface area contributed by atoms with E-state index in [-0.39, 0.29) is 0 Å². The molecule has 0 aromatic heterocycles. The van der Waals surface area contributed by atoms with Crippen molar-refractivity contribution in [3.05, 3.63) is 29.8 Å². The zero-order chi connectivity index (χ0) is 14.9. The summed E-state index contributed by atoms with van der Waals surface area (Å²) < 4.78 is 6.29. The molecule has 0 amide bonds. The number of halogens is 5. The lowest BCUT2D eigenvalue weighted by Gasteiger charge is -2.36. The highest BCUT2D eigenvalue weighted by Crippen LogP contribution is 2.84. The van der Waals surface area contributed by atoms with Crippen LogP contribution in [0.3, 0.4) is 0 Å². The number of hydrogen-bond acceptors (Lipinski definition) is 5. The number of rotatable bonds is 3. The molecule has 0 spiro atoms. The van der Waals surface area contributed by atoms with E-state index in [9.17, 15) is 4.79 Å². The second-order valence-corrected chi connectivity index (χ2v) is 14.0. The maximum atomic E-state index is 10.6. The normalized spacial score (nSPS) is 26.9. The van der Waals surface area contributed by atoms with E-state index in [0.717, 1.165) is 14.9 Å². The molecule has 0 radical (unpaired) electrons. The van der Waals surface area contributed by atoms with Gasteiger partial charge < -0.3 is 4.84 Å². The van der Waals surface area contributed by atoms with Gasteiger partial charge >= 0.3 is 0 Å². The Bertz CT molecular complexity index is 555. The lowest BCUT2D eigenvalue weighted by Crippen LogP contribution is -2.19. The fraction of sp³-hybridized carbons (Fsp3) is 0. The van der Waals surface area contributed by atoms with Crippen molar-refractivity contribution >= 4 is 84.1 Å². The van der Waals surface area contributed by atoms with E-state index in [4.69, 9.17) is 61.6 Å². The minimum Gasteiger partial charge on any atom is -0.392 e. The van der Waals surface area contributed by atoms with Crippen molar-refractivity contribution in [2.45, 2.75) is 0 Å². The van der Waals surface area contributed by atoms with E-state index in [2.05, 4.69) is 4.52 Å². The highest BCUT2D eigenvalue weighted by molar-refractivity contribution is 8.17. The Morgan fingerprint density at radius 3 is 2.40 bits per heavy atom. The Morgan fingerprint density at radius 2 is 1.85 bits per heavy atom. The minimum absolute atomic E-state index is 0.399. The largest absolute Gasteiger partial charge is 0.392 e. The van der Waals surface area contributed by atoms with Crippen LogP contribution in [0.15, 0.2) is 28.8 Å². The molecule has 1 heterocycles. The van der Waals surface area contributed by atoms with Crippen LogP contribution in [0.5, 0.6) is 5.75 Å². The summed E-state index contributed by atoms with van der Waals surface area (Å²) in [6.45, 7) is 0. The van der Waals surface area contributed by atoms with E-state index < -0.39 is 21.1 Å². The lowest BCUT2D eigenvalue weighted by atomic mass is 10.2. The first-order valence-corrected chi connectivity index (χ1v) is 12.9. The Labute approximate surface area is 142 Å². The summed E-state index contributed by atoms with van der Waals surface area (Å²) in [7, 11) is -3.26. The monoisotopic (exact) mass is 431 g/mol. The first kappa shape index (κ1) is 17.5. The van der Waals surface area contributed by atoms with Crippen molar-refractivity contribution in [3.63, 3.8) is 0 Å². The molecule has 2 atom stereocenters. The highest BCUT2D eigenvalue weighted by atomic mass is 35.9. The van der Waals surface area contributed by atoms with Crippen molar-refractivity contribution in [2.24, 2.45) is 4.52 Å². The molecule has 2 unspecified atom stereocenters. The predicted molar refractivity (Wildman–Crippen MR) is 88.6 cm³/mol. The van der Waals surface area contributed by atoms with Crippen LogP contribution in [0.4, 0.5) is 0 Å². The third-order valence-corrected chi connectivity index (χ3v) is 14.0. The number of carbonyl (C=O) groups excluding carboxylic acids is 1. The summed E-state index contributed by atoms with van der Waals surface area (Å²) in [5.74, 6) is -2.60. The summed E-state index contributed by atoms with van der Waals surface area (Å²) in [5, 5.41) is 0. The van der Waals surface area contributed by atoms with Gasteiger partial charge in [-0.3, -0.25) is 4.79 Å². The van der Waals surface area contributed by atoms with Crippen LogP contribution in [0.2, 0.25) is 0 Å². The zero-order valence-corrected chi connectivity index (χ0v) is 15.7. The molecule has 110 valence electrons. The molecule has 1 aromatic carbocycles. The zero-order valence-electron chi connectivity index (χ0n) is 9.28. The van der Waals surface area contributed by atoms with Gasteiger partial charge in [0.2, 0.25) is 15.2 Å². The number of benzene rings is 1. The average molecular weight is 433 g/mol. The third kappa shape index (κ3) is 3.91. The maximum absolute atomic E-state index is 10.6. The van der Waals surface area contributed by atoms with Crippen molar-refractivity contribution < 1.29 is 9.63 Å². The maximum Gasteiger partial charge on any atom is 0.250 e. The fourth-order valence-electron chi connectivity index (χ4n) is 1.15. The van der Waals surface area contributed by atoms with Crippen molar-refractivity contribution in [3.8, 4) is 5.75 Å². The van der Waals surface area contributed by atoms with Crippen molar-refractivity contribution in [1.82, 2.24) is 8.56 Å². The molecule has 0 bridgehead atoms. The molecule has 0 saturated heterocycles. The van der Waals surface area contributed by atoms with Crippen LogP contribution in [0.25, 0.3) is 0 Å².